The molecule has 0 aliphatic carbocycles. The van der Waals surface area contributed by atoms with Crippen molar-refractivity contribution >= 4 is 0 Å². The number of rotatable bonds is 5. The minimum absolute atomic E-state index is 0.0106. The predicted octanol–water partition coefficient (Wildman–Crippen LogP) is 2.68. The van der Waals surface area contributed by atoms with Crippen LogP contribution in [0.5, 0.6) is 0 Å². The van der Waals surface area contributed by atoms with E-state index >= 15 is 0 Å². The van der Waals surface area contributed by atoms with E-state index in [1.807, 2.05) is 31.2 Å². The molecule has 1 saturated heterocycles. The summed E-state index contributed by atoms with van der Waals surface area (Å²) in [6.07, 6.45) is 0.331. The molecule has 35 heavy (non-hydrogen) atoms. The van der Waals surface area contributed by atoms with Crippen molar-refractivity contribution in [1.82, 2.24) is 29.8 Å². The summed E-state index contributed by atoms with van der Waals surface area (Å²) >= 11 is 0. The molecule has 9 nitrogen and oxygen atoms in total. The number of aliphatic hydroxyl groups is 2. The molecule has 12 heteroatoms. The molecular formula is C23H21F3N6O3. The van der Waals surface area contributed by atoms with Gasteiger partial charge in [0.25, 0.3) is 0 Å². The predicted molar refractivity (Wildman–Crippen MR) is 116 cm³/mol. The molecule has 0 spiro atoms. The molecule has 0 amide bonds. The summed E-state index contributed by atoms with van der Waals surface area (Å²) in [5.41, 5.74) is 1.97. The third-order valence-electron chi connectivity index (χ3n) is 6.05. The summed E-state index contributed by atoms with van der Waals surface area (Å²) in [7, 11) is 0. The first-order chi connectivity index (χ1) is 16.9. The first-order valence-electron chi connectivity index (χ1n) is 10.8. The normalized spacial score (nSPS) is 22.5. The molecule has 0 radical (unpaired) electrons. The van der Waals surface area contributed by atoms with Crippen molar-refractivity contribution < 1.29 is 28.1 Å². The Hall–Kier alpha value is -3.61. The highest BCUT2D eigenvalue weighted by Gasteiger charge is 2.41. The lowest BCUT2D eigenvalue weighted by molar-refractivity contribution is -0.161. The Bertz CT molecular complexity index is 1320. The van der Waals surface area contributed by atoms with Crippen LogP contribution in [0.3, 0.4) is 0 Å². The molecule has 2 aromatic heterocycles. The lowest BCUT2D eigenvalue weighted by Crippen LogP contribution is -2.45. The summed E-state index contributed by atoms with van der Waals surface area (Å²) < 4.78 is 49.7. The SMILES string of the molecule is Cc1ccc(-n2cnnc2C2CC(n3cc(-c4cc(F)c(F)c(F)c4)nn3)C(O)C(CO)O2)cc1. The second-order valence-corrected chi connectivity index (χ2v) is 8.37. The Morgan fingerprint density at radius 3 is 2.49 bits per heavy atom. The maximum Gasteiger partial charge on any atom is 0.194 e. The van der Waals surface area contributed by atoms with E-state index in [1.54, 1.807) is 10.9 Å². The van der Waals surface area contributed by atoms with Gasteiger partial charge in [-0.15, -0.1) is 15.3 Å². The fourth-order valence-corrected chi connectivity index (χ4v) is 4.18. The zero-order valence-electron chi connectivity index (χ0n) is 18.5. The van der Waals surface area contributed by atoms with Crippen molar-refractivity contribution in [2.24, 2.45) is 0 Å². The van der Waals surface area contributed by atoms with Crippen molar-refractivity contribution in [3.05, 3.63) is 77.8 Å². The highest BCUT2D eigenvalue weighted by molar-refractivity contribution is 5.57. The number of aryl methyl sites for hydroxylation is 1. The monoisotopic (exact) mass is 486 g/mol. The number of aliphatic hydroxyl groups excluding tert-OH is 2. The molecule has 2 aromatic carbocycles. The van der Waals surface area contributed by atoms with Crippen molar-refractivity contribution in [3.8, 4) is 16.9 Å². The van der Waals surface area contributed by atoms with Gasteiger partial charge in [-0.05, 0) is 31.2 Å². The topological polar surface area (TPSA) is 111 Å². The van der Waals surface area contributed by atoms with Crippen LogP contribution in [0.4, 0.5) is 13.2 Å². The van der Waals surface area contributed by atoms with Crippen LogP contribution in [-0.4, -0.2) is 58.8 Å². The molecule has 4 aromatic rings. The highest BCUT2D eigenvalue weighted by Crippen LogP contribution is 2.38. The molecule has 0 saturated carbocycles. The molecular weight excluding hydrogens is 465 g/mol. The summed E-state index contributed by atoms with van der Waals surface area (Å²) in [4.78, 5) is 0. The number of ether oxygens (including phenoxy) is 1. The van der Waals surface area contributed by atoms with E-state index in [0.717, 1.165) is 23.4 Å². The lowest BCUT2D eigenvalue weighted by atomic mass is 9.95. The molecule has 2 N–H and O–H groups in total. The van der Waals surface area contributed by atoms with Crippen molar-refractivity contribution in [2.75, 3.05) is 6.61 Å². The van der Waals surface area contributed by atoms with E-state index in [-0.39, 0.29) is 17.7 Å². The summed E-state index contributed by atoms with van der Waals surface area (Å²) in [5.74, 6) is -3.81. The number of hydrogen-bond acceptors (Lipinski definition) is 7. The van der Waals surface area contributed by atoms with Crippen LogP contribution in [0.2, 0.25) is 0 Å². The van der Waals surface area contributed by atoms with Crippen molar-refractivity contribution in [2.45, 2.75) is 37.7 Å². The Balaban J connectivity index is 1.46. The number of nitrogens with zero attached hydrogens (tertiary/aromatic N) is 6. The minimum Gasteiger partial charge on any atom is -0.394 e. The Labute approximate surface area is 197 Å². The second-order valence-electron chi connectivity index (χ2n) is 8.37. The van der Waals surface area contributed by atoms with E-state index in [0.29, 0.717) is 5.82 Å². The third kappa shape index (κ3) is 4.31. The van der Waals surface area contributed by atoms with Crippen molar-refractivity contribution in [3.63, 3.8) is 0 Å². The van der Waals surface area contributed by atoms with Gasteiger partial charge in [0.15, 0.2) is 23.3 Å². The molecule has 1 aliphatic rings. The molecule has 1 fully saturated rings. The fraction of sp³-hybridized carbons (Fsp3) is 0.304. The fourth-order valence-electron chi connectivity index (χ4n) is 4.18. The van der Waals surface area contributed by atoms with E-state index in [4.69, 9.17) is 4.74 Å². The zero-order valence-corrected chi connectivity index (χ0v) is 18.5. The largest absolute Gasteiger partial charge is 0.394 e. The maximum absolute atomic E-state index is 13.7. The van der Waals surface area contributed by atoms with Crippen LogP contribution in [0.15, 0.2) is 48.9 Å². The zero-order chi connectivity index (χ0) is 24.7. The van der Waals surface area contributed by atoms with E-state index in [2.05, 4.69) is 20.5 Å². The van der Waals surface area contributed by atoms with Crippen LogP contribution >= 0.6 is 0 Å². The van der Waals surface area contributed by atoms with Gasteiger partial charge in [0.05, 0.1) is 18.8 Å². The smallest absolute Gasteiger partial charge is 0.194 e. The molecule has 4 atom stereocenters. The van der Waals surface area contributed by atoms with Crippen LogP contribution in [0.25, 0.3) is 16.9 Å². The van der Waals surface area contributed by atoms with Crippen molar-refractivity contribution in [1.29, 1.82) is 0 Å². The number of benzene rings is 2. The van der Waals surface area contributed by atoms with E-state index in [9.17, 15) is 23.4 Å². The molecule has 5 rings (SSSR count). The van der Waals surface area contributed by atoms with Gasteiger partial charge in [0, 0.05) is 17.7 Å². The van der Waals surface area contributed by atoms with Gasteiger partial charge in [-0.3, -0.25) is 4.57 Å². The first-order valence-corrected chi connectivity index (χ1v) is 10.8. The van der Waals surface area contributed by atoms with Gasteiger partial charge in [0.2, 0.25) is 0 Å². The molecule has 182 valence electrons. The highest BCUT2D eigenvalue weighted by atomic mass is 19.2. The number of aromatic nitrogens is 6. The average Bonchev–Trinajstić information content (AvgIpc) is 3.53. The van der Waals surface area contributed by atoms with E-state index < -0.39 is 48.4 Å². The first kappa shape index (κ1) is 23.1. The second kappa shape index (κ2) is 9.21. The summed E-state index contributed by atoms with van der Waals surface area (Å²) in [6.45, 7) is 1.50. The third-order valence-corrected chi connectivity index (χ3v) is 6.05. The number of hydrogen-bond donors (Lipinski definition) is 2. The maximum atomic E-state index is 13.7. The molecule has 4 unspecified atom stereocenters. The molecule has 1 aliphatic heterocycles. The summed E-state index contributed by atoms with van der Waals surface area (Å²) in [5, 5.41) is 36.8. The molecule has 0 bridgehead atoms. The average molecular weight is 486 g/mol. The lowest BCUT2D eigenvalue weighted by Gasteiger charge is -2.38. The van der Waals surface area contributed by atoms with Gasteiger partial charge < -0.3 is 14.9 Å². The van der Waals surface area contributed by atoms with Gasteiger partial charge in [0.1, 0.15) is 30.3 Å². The summed E-state index contributed by atoms with van der Waals surface area (Å²) in [6, 6.07) is 8.62. The quantitative estimate of drug-likeness (QED) is 0.417. The van der Waals surface area contributed by atoms with Crippen LogP contribution < -0.4 is 0 Å². The van der Waals surface area contributed by atoms with Crippen LogP contribution in [0.1, 0.15) is 30.0 Å². The Morgan fingerprint density at radius 1 is 1.09 bits per heavy atom. The minimum atomic E-state index is -1.58. The van der Waals surface area contributed by atoms with E-state index in [1.165, 1.54) is 10.9 Å². The Kier molecular flexibility index (Phi) is 6.09. The van der Waals surface area contributed by atoms with Crippen LogP contribution in [0, 0.1) is 24.4 Å². The Morgan fingerprint density at radius 2 is 1.80 bits per heavy atom. The van der Waals surface area contributed by atoms with Crippen LogP contribution in [-0.2, 0) is 4.74 Å². The van der Waals surface area contributed by atoms with Gasteiger partial charge in [-0.1, -0.05) is 22.9 Å². The van der Waals surface area contributed by atoms with Gasteiger partial charge in [-0.25, -0.2) is 17.9 Å². The standard InChI is InChI=1S/C23H21F3N6O3/c1-12-2-4-14(5-3-12)31-11-27-29-23(31)19-8-18(22(34)20(10-33)35-19)32-9-17(28-30-32)13-6-15(24)21(26)16(25)7-13/h2-7,9,11,18-20,22,33-34H,8,10H2,1H3. The van der Waals surface area contributed by atoms with Gasteiger partial charge >= 0.3 is 0 Å². The van der Waals surface area contributed by atoms with Gasteiger partial charge in [-0.2, -0.15) is 0 Å². The number of halogens is 3. The molecule has 3 heterocycles.